The summed E-state index contributed by atoms with van der Waals surface area (Å²) in [5.74, 6) is -1.63. The van der Waals surface area contributed by atoms with Crippen molar-refractivity contribution >= 4 is 21.7 Å². The van der Waals surface area contributed by atoms with E-state index in [0.717, 1.165) is 6.26 Å². The molecule has 0 spiro atoms. The Morgan fingerprint density at radius 3 is 2.44 bits per heavy atom. The highest BCUT2D eigenvalue weighted by molar-refractivity contribution is 7.90. The molecule has 0 saturated carbocycles. The molecule has 1 rings (SSSR count). The number of carboxylic acid groups (broad SMARTS) is 1. The first-order valence-electron chi connectivity index (χ1n) is 5.94. The fourth-order valence-electron chi connectivity index (χ4n) is 2.39. The zero-order valence-electron chi connectivity index (χ0n) is 10.7. The van der Waals surface area contributed by atoms with Crippen LogP contribution in [0.3, 0.4) is 0 Å². The van der Waals surface area contributed by atoms with Crippen LogP contribution < -0.4 is 0 Å². The number of hydrogen-bond acceptors (Lipinski definition) is 4. The van der Waals surface area contributed by atoms with E-state index in [1.165, 1.54) is 4.90 Å². The number of carboxylic acids is 1. The van der Waals surface area contributed by atoms with Crippen molar-refractivity contribution in [3.63, 3.8) is 0 Å². The Labute approximate surface area is 107 Å². The molecule has 18 heavy (non-hydrogen) atoms. The number of nitrogens with zero attached hydrogens (tertiary/aromatic N) is 1. The van der Waals surface area contributed by atoms with E-state index in [-0.39, 0.29) is 18.1 Å². The molecule has 0 bridgehead atoms. The lowest BCUT2D eigenvalue weighted by atomic mass is 9.93. The lowest BCUT2D eigenvalue weighted by Crippen LogP contribution is -2.52. The molecule has 1 N–H and O–H groups in total. The van der Waals surface area contributed by atoms with E-state index < -0.39 is 21.3 Å². The lowest BCUT2D eigenvalue weighted by molar-refractivity contribution is -0.156. The monoisotopic (exact) mass is 277 g/mol. The van der Waals surface area contributed by atoms with Gasteiger partial charge in [0.15, 0.2) is 0 Å². The molecule has 1 fully saturated rings. The summed E-state index contributed by atoms with van der Waals surface area (Å²) in [5, 5.41) is 9.30. The Bertz CT molecular complexity index is 444. The number of hydrogen-bond donors (Lipinski definition) is 1. The first kappa shape index (κ1) is 14.9. The normalized spacial score (nSPS) is 24.2. The van der Waals surface area contributed by atoms with E-state index in [9.17, 15) is 23.1 Å². The molecule has 0 aliphatic carbocycles. The second kappa shape index (κ2) is 5.26. The minimum atomic E-state index is -3.21. The summed E-state index contributed by atoms with van der Waals surface area (Å²) in [5.41, 5.74) is -1.14. The van der Waals surface area contributed by atoms with Gasteiger partial charge < -0.3 is 10.0 Å². The van der Waals surface area contributed by atoms with Gasteiger partial charge in [0, 0.05) is 19.2 Å². The molecule has 1 aliphatic heterocycles. The Hall–Kier alpha value is -1.11. The van der Waals surface area contributed by atoms with Gasteiger partial charge in [0.05, 0.1) is 5.75 Å². The predicted octanol–water partition coefficient (Wildman–Crippen LogP) is 0.277. The van der Waals surface area contributed by atoms with Crippen LogP contribution in [0.2, 0.25) is 0 Å². The molecular weight excluding hydrogens is 258 g/mol. The molecule has 1 heterocycles. The Kier molecular flexibility index (Phi) is 4.37. The molecule has 1 atom stereocenters. The van der Waals surface area contributed by atoms with Crippen molar-refractivity contribution in [2.75, 3.05) is 18.6 Å². The molecule has 0 aromatic carbocycles. The fourth-order valence-corrected chi connectivity index (χ4v) is 2.94. The summed E-state index contributed by atoms with van der Waals surface area (Å²) in [6.45, 7) is 2.12. The van der Waals surface area contributed by atoms with Crippen LogP contribution in [-0.2, 0) is 19.4 Å². The smallest absolute Gasteiger partial charge is 0.329 e. The highest BCUT2D eigenvalue weighted by atomic mass is 32.2. The van der Waals surface area contributed by atoms with Crippen LogP contribution >= 0.6 is 0 Å². The molecule has 1 unspecified atom stereocenters. The Balaban J connectivity index is 2.81. The summed E-state index contributed by atoms with van der Waals surface area (Å²) in [6.07, 6.45) is 2.34. The van der Waals surface area contributed by atoms with Gasteiger partial charge in [-0.15, -0.1) is 0 Å². The van der Waals surface area contributed by atoms with Crippen LogP contribution in [-0.4, -0.2) is 54.4 Å². The van der Waals surface area contributed by atoms with Crippen molar-refractivity contribution in [1.29, 1.82) is 0 Å². The van der Waals surface area contributed by atoms with Crippen LogP contribution in [0.15, 0.2) is 0 Å². The average Bonchev–Trinajstić information content (AvgIpc) is 2.69. The van der Waals surface area contributed by atoms with Gasteiger partial charge in [0.1, 0.15) is 15.4 Å². The molecule has 1 saturated heterocycles. The molecule has 0 radical (unpaired) electrons. The third-order valence-corrected chi connectivity index (χ3v) is 4.41. The van der Waals surface area contributed by atoms with E-state index in [2.05, 4.69) is 0 Å². The average molecular weight is 277 g/mol. The number of sulfone groups is 1. The minimum Gasteiger partial charge on any atom is -0.479 e. The first-order valence-corrected chi connectivity index (χ1v) is 8.00. The number of likely N-dealkylation sites (tertiary alicyclic amines) is 1. The van der Waals surface area contributed by atoms with Crippen molar-refractivity contribution in [3.05, 3.63) is 0 Å². The van der Waals surface area contributed by atoms with E-state index in [4.69, 9.17) is 0 Å². The predicted molar refractivity (Wildman–Crippen MR) is 65.9 cm³/mol. The summed E-state index contributed by atoms with van der Waals surface area (Å²) in [7, 11) is -3.21. The maximum atomic E-state index is 12.0. The van der Waals surface area contributed by atoms with Crippen molar-refractivity contribution in [3.8, 4) is 0 Å². The molecule has 0 aromatic heterocycles. The molecule has 7 heteroatoms. The van der Waals surface area contributed by atoms with Gasteiger partial charge in [0.2, 0.25) is 5.91 Å². The van der Waals surface area contributed by atoms with Gasteiger partial charge >= 0.3 is 5.97 Å². The van der Waals surface area contributed by atoms with Crippen molar-refractivity contribution in [1.82, 2.24) is 4.90 Å². The van der Waals surface area contributed by atoms with Crippen LogP contribution in [0.25, 0.3) is 0 Å². The fraction of sp³-hybridized carbons (Fsp3) is 0.818. The van der Waals surface area contributed by atoms with E-state index in [0.29, 0.717) is 25.8 Å². The van der Waals surface area contributed by atoms with Gasteiger partial charge in [-0.25, -0.2) is 13.2 Å². The highest BCUT2D eigenvalue weighted by Gasteiger charge is 2.48. The SMILES string of the molecule is CCC1(C(=O)O)CCCN1C(=O)CCS(C)(=O)=O. The van der Waals surface area contributed by atoms with Crippen molar-refractivity contribution < 1.29 is 23.1 Å². The van der Waals surface area contributed by atoms with Gasteiger partial charge in [-0.1, -0.05) is 6.92 Å². The highest BCUT2D eigenvalue weighted by Crippen LogP contribution is 2.33. The van der Waals surface area contributed by atoms with Crippen LogP contribution in [0.1, 0.15) is 32.6 Å². The summed E-state index contributed by atoms with van der Waals surface area (Å²) < 4.78 is 22.1. The van der Waals surface area contributed by atoms with Gasteiger partial charge in [-0.05, 0) is 19.3 Å². The largest absolute Gasteiger partial charge is 0.479 e. The Morgan fingerprint density at radius 1 is 1.39 bits per heavy atom. The first-order chi connectivity index (χ1) is 8.23. The second-order valence-corrected chi connectivity index (χ2v) is 6.98. The number of carbonyl (C=O) groups excluding carboxylic acids is 1. The number of amides is 1. The number of aliphatic carboxylic acids is 1. The van der Waals surface area contributed by atoms with Gasteiger partial charge in [-0.2, -0.15) is 0 Å². The third kappa shape index (κ3) is 3.01. The number of rotatable bonds is 5. The van der Waals surface area contributed by atoms with E-state index in [1.54, 1.807) is 6.92 Å². The molecular formula is C11H19NO5S. The summed E-state index contributed by atoms with van der Waals surface area (Å²) in [6, 6.07) is 0. The Morgan fingerprint density at radius 2 is 2.00 bits per heavy atom. The minimum absolute atomic E-state index is 0.145. The molecule has 1 amide bonds. The number of carbonyl (C=O) groups is 2. The second-order valence-electron chi connectivity index (χ2n) is 4.72. The third-order valence-electron chi connectivity index (χ3n) is 3.46. The zero-order valence-corrected chi connectivity index (χ0v) is 11.5. The standard InChI is InChI=1S/C11H19NO5S/c1-3-11(10(14)15)6-4-7-12(11)9(13)5-8-18(2,16)17/h3-8H2,1-2H3,(H,14,15). The quantitative estimate of drug-likeness (QED) is 0.779. The van der Waals surface area contributed by atoms with Crippen molar-refractivity contribution in [2.24, 2.45) is 0 Å². The lowest BCUT2D eigenvalue weighted by Gasteiger charge is -2.33. The molecule has 6 nitrogen and oxygen atoms in total. The molecule has 0 aromatic rings. The van der Waals surface area contributed by atoms with E-state index >= 15 is 0 Å². The molecule has 1 aliphatic rings. The zero-order chi connectivity index (χ0) is 14.0. The van der Waals surface area contributed by atoms with E-state index in [1.807, 2.05) is 0 Å². The summed E-state index contributed by atoms with van der Waals surface area (Å²) in [4.78, 5) is 24.7. The maximum Gasteiger partial charge on any atom is 0.329 e. The maximum absolute atomic E-state index is 12.0. The van der Waals surface area contributed by atoms with Gasteiger partial charge in [0.25, 0.3) is 0 Å². The van der Waals surface area contributed by atoms with Crippen molar-refractivity contribution in [2.45, 2.75) is 38.1 Å². The van der Waals surface area contributed by atoms with Gasteiger partial charge in [-0.3, -0.25) is 4.79 Å². The summed E-state index contributed by atoms with van der Waals surface area (Å²) >= 11 is 0. The van der Waals surface area contributed by atoms with Crippen LogP contribution in [0.5, 0.6) is 0 Å². The van der Waals surface area contributed by atoms with Crippen LogP contribution in [0, 0.1) is 0 Å². The topological polar surface area (TPSA) is 91.8 Å². The molecule has 104 valence electrons. The van der Waals surface area contributed by atoms with Crippen LogP contribution in [0.4, 0.5) is 0 Å².